The zero-order valence-corrected chi connectivity index (χ0v) is 16.8. The number of hydrogen-bond acceptors (Lipinski definition) is 4. The first kappa shape index (κ1) is 21.2. The Bertz CT molecular complexity index is 1250. The number of amides is 1. The summed E-state index contributed by atoms with van der Waals surface area (Å²) in [5, 5.41) is 2.35. The van der Waals surface area contributed by atoms with Crippen LogP contribution in [-0.2, 0) is 6.18 Å². The molecule has 1 N–H and O–H groups in total. The molecule has 0 fully saturated rings. The summed E-state index contributed by atoms with van der Waals surface area (Å²) in [5.74, 6) is 0.627. The van der Waals surface area contributed by atoms with Crippen molar-refractivity contribution in [2.75, 3.05) is 12.4 Å². The number of alkyl halides is 3. The van der Waals surface area contributed by atoms with E-state index in [-0.39, 0.29) is 17.1 Å². The molecule has 0 aliphatic carbocycles. The van der Waals surface area contributed by atoms with Crippen LogP contribution in [0.5, 0.6) is 5.75 Å². The van der Waals surface area contributed by atoms with Gasteiger partial charge in [0.05, 0.1) is 30.1 Å². The van der Waals surface area contributed by atoms with Gasteiger partial charge in [-0.1, -0.05) is 24.3 Å². The van der Waals surface area contributed by atoms with Gasteiger partial charge in [-0.05, 0) is 48.5 Å². The zero-order chi connectivity index (χ0) is 22.7. The van der Waals surface area contributed by atoms with E-state index in [1.807, 2.05) is 0 Å². The van der Waals surface area contributed by atoms with Crippen molar-refractivity contribution in [1.82, 2.24) is 4.98 Å². The number of aromatic nitrogens is 1. The number of hydrogen-bond donors (Lipinski definition) is 1. The molecule has 5 nitrogen and oxygen atoms in total. The summed E-state index contributed by atoms with van der Waals surface area (Å²) in [6.45, 7) is 0. The maximum atomic E-state index is 13.3. The number of benzene rings is 3. The van der Waals surface area contributed by atoms with E-state index in [1.165, 1.54) is 30.5 Å². The molecule has 0 unspecified atom stereocenters. The van der Waals surface area contributed by atoms with E-state index in [9.17, 15) is 18.0 Å². The summed E-state index contributed by atoms with van der Waals surface area (Å²) in [5.41, 5.74) is -0.0117. The summed E-state index contributed by atoms with van der Waals surface area (Å²) in [4.78, 5) is 17.1. The minimum absolute atomic E-state index is 0.132. The third-order valence-corrected chi connectivity index (χ3v) is 4.76. The predicted octanol–water partition coefficient (Wildman–Crippen LogP) is 6.29. The molecule has 4 aromatic rings. The van der Waals surface area contributed by atoms with Crippen molar-refractivity contribution in [3.05, 3.63) is 90.1 Å². The minimum Gasteiger partial charge on any atom is -0.497 e. The van der Waals surface area contributed by atoms with Crippen LogP contribution in [0.4, 0.5) is 18.9 Å². The van der Waals surface area contributed by atoms with E-state index in [0.29, 0.717) is 17.1 Å². The quantitative estimate of drug-likeness (QED) is 0.398. The van der Waals surface area contributed by atoms with Crippen molar-refractivity contribution in [3.63, 3.8) is 0 Å². The molecule has 0 radical (unpaired) electrons. The van der Waals surface area contributed by atoms with Crippen molar-refractivity contribution in [1.29, 1.82) is 0 Å². The Labute approximate surface area is 181 Å². The Morgan fingerprint density at radius 1 is 0.969 bits per heavy atom. The fraction of sp³-hybridized carbons (Fsp3) is 0.0833. The lowest BCUT2D eigenvalue weighted by atomic mass is 10.1. The van der Waals surface area contributed by atoms with Crippen LogP contribution in [0.15, 0.2) is 83.4 Å². The lowest BCUT2D eigenvalue weighted by molar-refractivity contribution is -0.136. The third-order valence-electron chi connectivity index (χ3n) is 4.76. The molecule has 4 rings (SSSR count). The number of para-hydroxylation sites is 1. The van der Waals surface area contributed by atoms with Crippen molar-refractivity contribution in [2.24, 2.45) is 0 Å². The zero-order valence-electron chi connectivity index (χ0n) is 16.8. The predicted molar refractivity (Wildman–Crippen MR) is 113 cm³/mol. The monoisotopic (exact) mass is 438 g/mol. The largest absolute Gasteiger partial charge is 0.497 e. The lowest BCUT2D eigenvalue weighted by Gasteiger charge is -2.14. The molecule has 1 amide bonds. The number of carbonyl (C=O) groups excluding carboxylic acids is 1. The molecule has 1 heterocycles. The first-order valence-corrected chi connectivity index (χ1v) is 9.54. The third kappa shape index (κ3) is 4.34. The van der Waals surface area contributed by atoms with E-state index >= 15 is 0 Å². The Hall–Kier alpha value is -4.07. The van der Waals surface area contributed by atoms with E-state index in [0.717, 1.165) is 11.6 Å². The first-order valence-electron chi connectivity index (χ1n) is 9.54. The van der Waals surface area contributed by atoms with E-state index in [4.69, 9.17) is 9.15 Å². The maximum Gasteiger partial charge on any atom is 0.418 e. The molecule has 0 saturated carbocycles. The molecule has 0 aliphatic heterocycles. The summed E-state index contributed by atoms with van der Waals surface area (Å²) in [6.07, 6.45) is -3.08. The van der Waals surface area contributed by atoms with Gasteiger partial charge >= 0.3 is 6.18 Å². The molecular weight excluding hydrogens is 421 g/mol. The first-order chi connectivity index (χ1) is 15.4. The molecule has 0 aliphatic rings. The Morgan fingerprint density at radius 3 is 2.38 bits per heavy atom. The topological polar surface area (TPSA) is 64.4 Å². The van der Waals surface area contributed by atoms with Gasteiger partial charge in [0.2, 0.25) is 5.89 Å². The Balaban J connectivity index is 1.64. The normalized spacial score (nSPS) is 11.2. The highest BCUT2D eigenvalue weighted by atomic mass is 19.4. The standard InChI is InChI=1S/C24H17F3N2O3/c1-31-16-12-10-15(11-13-16)21-14-28-23(32-21)18-7-3-2-6-17(18)22(30)29-20-9-5-4-8-19(20)24(25,26)27/h2-14H,1H3,(H,29,30). The molecule has 0 bridgehead atoms. The minimum atomic E-state index is -4.60. The number of methoxy groups -OCH3 is 1. The molecule has 162 valence electrons. The molecule has 32 heavy (non-hydrogen) atoms. The molecule has 1 aromatic heterocycles. The second-order valence-electron chi connectivity index (χ2n) is 6.80. The van der Waals surface area contributed by atoms with Crippen molar-refractivity contribution in [2.45, 2.75) is 6.18 Å². The number of rotatable bonds is 5. The lowest BCUT2D eigenvalue weighted by Crippen LogP contribution is -2.17. The van der Waals surface area contributed by atoms with Crippen molar-refractivity contribution < 1.29 is 27.1 Å². The highest BCUT2D eigenvalue weighted by Crippen LogP contribution is 2.35. The smallest absolute Gasteiger partial charge is 0.418 e. The number of anilines is 1. The van der Waals surface area contributed by atoms with Crippen LogP contribution in [0, 0.1) is 0 Å². The van der Waals surface area contributed by atoms with Crippen molar-refractivity contribution in [3.8, 4) is 28.5 Å². The van der Waals surface area contributed by atoms with Gasteiger partial charge in [-0.15, -0.1) is 0 Å². The Morgan fingerprint density at radius 2 is 1.66 bits per heavy atom. The van der Waals surface area contributed by atoms with Gasteiger partial charge in [-0.2, -0.15) is 13.2 Å². The molecular formula is C24H17F3N2O3. The van der Waals surface area contributed by atoms with Gasteiger partial charge in [0.25, 0.3) is 5.91 Å². The molecule has 0 spiro atoms. The van der Waals surface area contributed by atoms with E-state index in [2.05, 4.69) is 10.3 Å². The van der Waals surface area contributed by atoms with Gasteiger partial charge in [0.1, 0.15) is 5.75 Å². The Kier molecular flexibility index (Phi) is 5.68. The molecule has 8 heteroatoms. The van der Waals surface area contributed by atoms with Gasteiger partial charge in [-0.25, -0.2) is 4.98 Å². The fourth-order valence-electron chi connectivity index (χ4n) is 3.18. The van der Waals surface area contributed by atoms with E-state index < -0.39 is 17.6 Å². The van der Waals surface area contributed by atoms with Crippen molar-refractivity contribution >= 4 is 11.6 Å². The summed E-state index contributed by atoms with van der Waals surface area (Å²) < 4.78 is 50.8. The van der Waals surface area contributed by atoms with E-state index in [1.54, 1.807) is 49.6 Å². The fourth-order valence-corrected chi connectivity index (χ4v) is 3.18. The molecule has 3 aromatic carbocycles. The van der Waals surface area contributed by atoms with Crippen LogP contribution in [0.1, 0.15) is 15.9 Å². The number of halogens is 3. The summed E-state index contributed by atoms with van der Waals surface area (Å²) >= 11 is 0. The van der Waals surface area contributed by atoms with Crippen LogP contribution in [0.3, 0.4) is 0 Å². The van der Waals surface area contributed by atoms with Crippen LogP contribution in [0.2, 0.25) is 0 Å². The van der Waals surface area contributed by atoms with Gasteiger partial charge < -0.3 is 14.5 Å². The second kappa shape index (κ2) is 8.58. The second-order valence-corrected chi connectivity index (χ2v) is 6.80. The van der Waals surface area contributed by atoms with Crippen LogP contribution in [-0.4, -0.2) is 18.0 Å². The SMILES string of the molecule is COc1ccc(-c2cnc(-c3ccccc3C(=O)Nc3ccccc3C(F)(F)F)o2)cc1. The molecule has 0 atom stereocenters. The van der Waals surface area contributed by atoms with Gasteiger partial charge in [0.15, 0.2) is 5.76 Å². The van der Waals surface area contributed by atoms with Crippen LogP contribution < -0.4 is 10.1 Å². The summed E-state index contributed by atoms with van der Waals surface area (Å²) in [6, 6.07) is 18.4. The highest BCUT2D eigenvalue weighted by Gasteiger charge is 2.33. The van der Waals surface area contributed by atoms with Crippen LogP contribution >= 0.6 is 0 Å². The molecule has 0 saturated heterocycles. The maximum absolute atomic E-state index is 13.3. The highest BCUT2D eigenvalue weighted by molar-refractivity contribution is 6.08. The number of nitrogens with one attached hydrogen (secondary N) is 1. The van der Waals surface area contributed by atoms with Gasteiger partial charge in [0, 0.05) is 11.1 Å². The summed E-state index contributed by atoms with van der Waals surface area (Å²) in [7, 11) is 1.57. The van der Waals surface area contributed by atoms with Gasteiger partial charge in [-0.3, -0.25) is 4.79 Å². The number of nitrogens with zero attached hydrogens (tertiary/aromatic N) is 1. The average molecular weight is 438 g/mol. The van der Waals surface area contributed by atoms with Crippen LogP contribution in [0.25, 0.3) is 22.8 Å². The number of carbonyl (C=O) groups is 1. The number of ether oxygens (including phenoxy) is 1. The number of oxazole rings is 1. The average Bonchev–Trinajstić information content (AvgIpc) is 3.29.